The van der Waals surface area contributed by atoms with Crippen molar-refractivity contribution in [2.24, 2.45) is 11.7 Å². The van der Waals surface area contributed by atoms with Crippen LogP contribution in [-0.4, -0.2) is 61.2 Å². The number of rotatable bonds is 5. The van der Waals surface area contributed by atoms with Crippen molar-refractivity contribution in [1.29, 1.82) is 0 Å². The van der Waals surface area contributed by atoms with E-state index in [2.05, 4.69) is 20.2 Å². The molecule has 0 saturated carbocycles. The summed E-state index contributed by atoms with van der Waals surface area (Å²) in [5.74, 6) is -0.0711. The van der Waals surface area contributed by atoms with Crippen molar-refractivity contribution in [3.05, 3.63) is 30.3 Å². The number of ether oxygens (including phenoxy) is 1. The molecule has 2 saturated heterocycles. The molecule has 0 aromatic carbocycles. The number of hydrogen-bond donors (Lipinski definition) is 2. The predicted octanol–water partition coefficient (Wildman–Crippen LogP) is 1.28. The van der Waals surface area contributed by atoms with Gasteiger partial charge in [-0.25, -0.2) is 4.98 Å². The van der Waals surface area contributed by atoms with Gasteiger partial charge in [-0.1, -0.05) is 0 Å². The lowest BCUT2D eigenvalue weighted by Gasteiger charge is -2.32. The summed E-state index contributed by atoms with van der Waals surface area (Å²) in [4.78, 5) is 36.8. The number of pyridine rings is 1. The molecule has 0 spiro atoms. The number of carbonyl (C=O) groups excluding carboxylic acids is 2. The maximum Gasteiger partial charge on any atom is 0.298 e. The van der Waals surface area contributed by atoms with E-state index in [0.29, 0.717) is 69.8 Å². The van der Waals surface area contributed by atoms with E-state index in [-0.39, 0.29) is 35.8 Å². The van der Waals surface area contributed by atoms with Crippen molar-refractivity contribution >= 4 is 41.7 Å². The summed E-state index contributed by atoms with van der Waals surface area (Å²) in [5.41, 5.74) is 6.20. The Balaban J connectivity index is 0.00000256. The second-order valence-electron chi connectivity index (χ2n) is 7.11. The Hall–Kier alpha value is -2.85. The number of halogens is 1. The van der Waals surface area contributed by atoms with Crippen LogP contribution in [0.3, 0.4) is 0 Å². The lowest BCUT2D eigenvalue weighted by Crippen LogP contribution is -2.39. The van der Waals surface area contributed by atoms with E-state index < -0.39 is 0 Å². The first-order valence-corrected chi connectivity index (χ1v) is 9.70. The number of nitrogens with one attached hydrogen (secondary N) is 1. The number of morpholine rings is 1. The fourth-order valence-corrected chi connectivity index (χ4v) is 3.58. The highest BCUT2D eigenvalue weighted by Gasteiger charge is 2.26. The van der Waals surface area contributed by atoms with Gasteiger partial charge in [0, 0.05) is 38.3 Å². The number of primary amides is 1. The maximum absolute atomic E-state index is 12.7. The van der Waals surface area contributed by atoms with Crippen LogP contribution in [0.25, 0.3) is 0 Å². The van der Waals surface area contributed by atoms with Crippen LogP contribution in [0.1, 0.15) is 23.3 Å². The van der Waals surface area contributed by atoms with Crippen LogP contribution in [0, 0.1) is 5.92 Å². The van der Waals surface area contributed by atoms with E-state index in [9.17, 15) is 9.59 Å². The quantitative estimate of drug-likeness (QED) is 0.717. The standard InChI is InChI=1S/C19H24N6O4.ClH/c20-16(26)13-3-6-24(7-4-13)17-14(2-1-5-21-17)22-18(27)15-12-29-19(23-15)25-8-10-28-11-9-25;/h1-2,5,12-13H,3-4,6-11H2,(H2,20,26)(H,22,27);1H. The molecule has 2 aliphatic heterocycles. The number of hydrogen-bond acceptors (Lipinski definition) is 8. The minimum absolute atomic E-state index is 0. The summed E-state index contributed by atoms with van der Waals surface area (Å²) >= 11 is 0. The number of aromatic nitrogens is 2. The van der Waals surface area contributed by atoms with Gasteiger partial charge in [0.05, 0.1) is 18.9 Å². The van der Waals surface area contributed by atoms with Crippen LogP contribution < -0.4 is 20.9 Å². The summed E-state index contributed by atoms with van der Waals surface area (Å²) in [6.07, 6.45) is 4.38. The molecule has 0 atom stereocenters. The maximum atomic E-state index is 12.7. The highest BCUT2D eigenvalue weighted by molar-refractivity contribution is 6.04. The van der Waals surface area contributed by atoms with Crippen molar-refractivity contribution in [2.45, 2.75) is 12.8 Å². The molecule has 0 radical (unpaired) electrons. The van der Waals surface area contributed by atoms with Crippen molar-refractivity contribution in [2.75, 3.05) is 54.5 Å². The van der Waals surface area contributed by atoms with E-state index >= 15 is 0 Å². The Labute approximate surface area is 180 Å². The first kappa shape index (κ1) is 21.8. The normalized spacial score (nSPS) is 17.3. The predicted molar refractivity (Wildman–Crippen MR) is 113 cm³/mol. The first-order valence-electron chi connectivity index (χ1n) is 9.70. The van der Waals surface area contributed by atoms with Gasteiger partial charge in [0.2, 0.25) is 5.91 Å². The molecule has 2 fully saturated rings. The third-order valence-corrected chi connectivity index (χ3v) is 5.24. The topological polar surface area (TPSA) is 127 Å². The minimum atomic E-state index is -0.366. The number of nitrogens with two attached hydrogens (primary N) is 1. The Morgan fingerprint density at radius 2 is 1.87 bits per heavy atom. The molecule has 162 valence electrons. The lowest BCUT2D eigenvalue weighted by atomic mass is 9.96. The summed E-state index contributed by atoms with van der Waals surface area (Å²) in [5, 5.41) is 2.87. The van der Waals surface area contributed by atoms with Crippen LogP contribution in [0.15, 0.2) is 29.0 Å². The fourth-order valence-electron chi connectivity index (χ4n) is 3.58. The van der Waals surface area contributed by atoms with Gasteiger partial charge < -0.3 is 30.0 Å². The van der Waals surface area contributed by atoms with Crippen molar-refractivity contribution in [3.63, 3.8) is 0 Å². The molecule has 2 aromatic rings. The second kappa shape index (κ2) is 9.77. The van der Waals surface area contributed by atoms with Crippen LogP contribution in [0.4, 0.5) is 17.5 Å². The SMILES string of the molecule is Cl.NC(=O)C1CCN(c2ncccc2NC(=O)c2coc(N3CCOCC3)n2)CC1. The monoisotopic (exact) mass is 436 g/mol. The lowest BCUT2D eigenvalue weighted by molar-refractivity contribution is -0.122. The second-order valence-corrected chi connectivity index (χ2v) is 7.11. The number of oxazole rings is 1. The molecule has 0 bridgehead atoms. The van der Waals surface area contributed by atoms with Gasteiger partial charge in [-0.2, -0.15) is 4.98 Å². The molecule has 2 amide bonds. The number of nitrogens with zero attached hydrogens (tertiary/aromatic N) is 4. The van der Waals surface area contributed by atoms with Crippen molar-refractivity contribution < 1.29 is 18.7 Å². The molecule has 0 unspecified atom stereocenters. The first-order chi connectivity index (χ1) is 14.1. The average Bonchev–Trinajstić information content (AvgIpc) is 3.25. The third kappa shape index (κ3) is 4.82. The molecule has 10 nitrogen and oxygen atoms in total. The zero-order valence-corrected chi connectivity index (χ0v) is 17.3. The van der Waals surface area contributed by atoms with E-state index in [0.717, 1.165) is 0 Å². The Bertz CT molecular complexity index is 877. The van der Waals surface area contributed by atoms with Crippen LogP contribution >= 0.6 is 12.4 Å². The van der Waals surface area contributed by atoms with Gasteiger partial charge in [0.15, 0.2) is 11.5 Å². The average molecular weight is 437 g/mol. The number of piperidine rings is 1. The molecule has 4 rings (SSSR count). The zero-order valence-electron chi connectivity index (χ0n) is 16.5. The molecule has 30 heavy (non-hydrogen) atoms. The van der Waals surface area contributed by atoms with Crippen molar-refractivity contribution in [1.82, 2.24) is 9.97 Å². The largest absolute Gasteiger partial charge is 0.431 e. The molecule has 4 heterocycles. The van der Waals surface area contributed by atoms with Crippen LogP contribution in [0.5, 0.6) is 0 Å². The molecule has 2 aromatic heterocycles. The highest BCUT2D eigenvalue weighted by atomic mass is 35.5. The van der Waals surface area contributed by atoms with Gasteiger partial charge in [0.1, 0.15) is 6.26 Å². The molecule has 11 heteroatoms. The number of anilines is 3. The molecular formula is C19H25ClN6O4. The van der Waals surface area contributed by atoms with Gasteiger partial charge >= 0.3 is 0 Å². The van der Waals surface area contributed by atoms with Gasteiger partial charge in [-0.05, 0) is 25.0 Å². The van der Waals surface area contributed by atoms with E-state index in [1.807, 2.05) is 4.90 Å². The molecule has 0 aliphatic carbocycles. The van der Waals surface area contributed by atoms with Gasteiger partial charge in [-0.3, -0.25) is 9.59 Å². The summed E-state index contributed by atoms with van der Waals surface area (Å²) in [6, 6.07) is 3.97. The highest BCUT2D eigenvalue weighted by Crippen LogP contribution is 2.28. The van der Waals surface area contributed by atoms with Crippen LogP contribution in [-0.2, 0) is 9.53 Å². The van der Waals surface area contributed by atoms with Crippen LogP contribution in [0.2, 0.25) is 0 Å². The van der Waals surface area contributed by atoms with E-state index in [4.69, 9.17) is 14.9 Å². The minimum Gasteiger partial charge on any atom is -0.431 e. The Morgan fingerprint density at radius 3 is 2.57 bits per heavy atom. The van der Waals surface area contributed by atoms with E-state index in [1.165, 1.54) is 6.26 Å². The fraction of sp³-hybridized carbons (Fsp3) is 0.474. The van der Waals surface area contributed by atoms with Gasteiger partial charge in [-0.15, -0.1) is 12.4 Å². The zero-order chi connectivity index (χ0) is 20.2. The molecule has 3 N–H and O–H groups in total. The third-order valence-electron chi connectivity index (χ3n) is 5.24. The van der Waals surface area contributed by atoms with Gasteiger partial charge in [0.25, 0.3) is 11.9 Å². The molecular weight excluding hydrogens is 412 g/mol. The van der Waals surface area contributed by atoms with Crippen molar-refractivity contribution in [3.8, 4) is 0 Å². The number of amides is 2. The Kier molecular flexibility index (Phi) is 7.11. The summed E-state index contributed by atoms with van der Waals surface area (Å²) < 4.78 is 10.8. The number of carbonyl (C=O) groups is 2. The summed E-state index contributed by atoms with van der Waals surface area (Å²) in [6.45, 7) is 3.87. The Morgan fingerprint density at radius 1 is 1.13 bits per heavy atom. The summed E-state index contributed by atoms with van der Waals surface area (Å²) in [7, 11) is 0. The smallest absolute Gasteiger partial charge is 0.298 e. The molecule has 2 aliphatic rings. The van der Waals surface area contributed by atoms with E-state index in [1.54, 1.807) is 18.3 Å².